The van der Waals surface area contributed by atoms with Crippen LogP contribution in [0.15, 0.2) is 41.8 Å². The van der Waals surface area contributed by atoms with Crippen LogP contribution >= 0.6 is 22.7 Å². The number of aliphatic hydroxyl groups is 1. The van der Waals surface area contributed by atoms with Crippen LogP contribution < -0.4 is 5.32 Å². The molecule has 0 saturated heterocycles. The molecule has 0 radical (unpaired) electrons. The normalized spacial score (nSPS) is 19.0. The Kier molecular flexibility index (Phi) is 5.08. The lowest BCUT2D eigenvalue weighted by Crippen LogP contribution is -2.34. The van der Waals surface area contributed by atoms with Gasteiger partial charge in [0, 0.05) is 27.1 Å². The number of thiophene rings is 2. The zero-order valence-corrected chi connectivity index (χ0v) is 13.8. The van der Waals surface area contributed by atoms with Crippen molar-refractivity contribution in [3.05, 3.63) is 46.7 Å². The number of aliphatic hydroxyl groups excluding tert-OH is 1. The third-order valence-electron chi connectivity index (χ3n) is 3.83. The number of nitrogens with one attached hydrogen (secondary N) is 1. The van der Waals surface area contributed by atoms with Crippen molar-refractivity contribution < 1.29 is 9.90 Å². The highest BCUT2D eigenvalue weighted by Gasteiger charge is 2.20. The average Bonchev–Trinajstić information content (AvgIpc) is 3.23. The lowest BCUT2D eigenvalue weighted by molar-refractivity contribution is -0.125. The van der Waals surface area contributed by atoms with Crippen molar-refractivity contribution in [1.82, 2.24) is 5.32 Å². The van der Waals surface area contributed by atoms with Crippen LogP contribution in [0.1, 0.15) is 30.2 Å². The van der Waals surface area contributed by atoms with Crippen LogP contribution in [0.25, 0.3) is 9.75 Å². The Morgan fingerprint density at radius 1 is 1.32 bits per heavy atom. The maximum atomic E-state index is 12.1. The Hall–Kier alpha value is -1.43. The fraction of sp³-hybridized carbons (Fsp3) is 0.353. The van der Waals surface area contributed by atoms with E-state index in [0.29, 0.717) is 0 Å². The van der Waals surface area contributed by atoms with Gasteiger partial charge in [-0.2, -0.15) is 0 Å². The predicted octanol–water partition coefficient (Wildman–Crippen LogP) is 3.98. The summed E-state index contributed by atoms with van der Waals surface area (Å²) < 4.78 is 0. The van der Waals surface area contributed by atoms with Gasteiger partial charge in [0.1, 0.15) is 6.10 Å². The van der Waals surface area contributed by atoms with Gasteiger partial charge in [0.15, 0.2) is 0 Å². The molecule has 0 aliphatic heterocycles. The third kappa shape index (κ3) is 3.66. The van der Waals surface area contributed by atoms with Crippen LogP contribution in [0.3, 0.4) is 0 Å². The highest BCUT2D eigenvalue weighted by atomic mass is 32.1. The Morgan fingerprint density at radius 3 is 2.95 bits per heavy atom. The molecule has 2 heterocycles. The molecule has 2 atom stereocenters. The second-order valence-corrected chi connectivity index (χ2v) is 7.48. The molecular weight excluding hydrogens is 314 g/mol. The Bertz CT molecular complexity index is 645. The van der Waals surface area contributed by atoms with E-state index < -0.39 is 6.10 Å². The third-order valence-corrected chi connectivity index (χ3v) is 6.08. The van der Waals surface area contributed by atoms with Crippen LogP contribution in [0.4, 0.5) is 0 Å². The van der Waals surface area contributed by atoms with E-state index in [1.807, 2.05) is 23.6 Å². The van der Waals surface area contributed by atoms with Crippen LogP contribution in [-0.2, 0) is 4.79 Å². The molecule has 0 saturated carbocycles. The minimum absolute atomic E-state index is 0.0541. The fourth-order valence-corrected chi connectivity index (χ4v) is 4.39. The second-order valence-electron chi connectivity index (χ2n) is 5.42. The van der Waals surface area contributed by atoms with Gasteiger partial charge in [-0.3, -0.25) is 4.79 Å². The van der Waals surface area contributed by atoms with Gasteiger partial charge in [-0.05, 0) is 42.8 Å². The molecule has 22 heavy (non-hydrogen) atoms. The van der Waals surface area contributed by atoms with E-state index in [4.69, 9.17) is 0 Å². The summed E-state index contributed by atoms with van der Waals surface area (Å²) in [5.41, 5.74) is 0. The first-order chi connectivity index (χ1) is 10.7. The molecular formula is C17H19NO2S2. The van der Waals surface area contributed by atoms with Gasteiger partial charge in [0.05, 0.1) is 0 Å². The first kappa shape index (κ1) is 15.5. The summed E-state index contributed by atoms with van der Waals surface area (Å²) in [7, 11) is 0. The average molecular weight is 333 g/mol. The topological polar surface area (TPSA) is 49.3 Å². The van der Waals surface area contributed by atoms with Crippen molar-refractivity contribution >= 4 is 28.6 Å². The Balaban J connectivity index is 1.54. The van der Waals surface area contributed by atoms with E-state index in [2.05, 4.69) is 23.5 Å². The maximum absolute atomic E-state index is 12.1. The van der Waals surface area contributed by atoms with Gasteiger partial charge in [-0.1, -0.05) is 18.2 Å². The molecule has 0 fully saturated rings. The summed E-state index contributed by atoms with van der Waals surface area (Å²) in [6.07, 6.45) is 6.23. The molecule has 2 aromatic rings. The summed E-state index contributed by atoms with van der Waals surface area (Å²) in [5, 5.41) is 15.2. The van der Waals surface area contributed by atoms with Gasteiger partial charge in [-0.25, -0.2) is 0 Å². The molecule has 0 unspecified atom stereocenters. The number of hydrogen-bond acceptors (Lipinski definition) is 4. The molecule has 3 rings (SSSR count). The summed E-state index contributed by atoms with van der Waals surface area (Å²) in [6.45, 7) is 0.281. The van der Waals surface area contributed by atoms with Gasteiger partial charge in [0.25, 0.3) is 0 Å². The smallest absolute Gasteiger partial charge is 0.223 e. The SMILES string of the molecule is O=C(NC[C@@H](O)c1ccc(-c2cccs2)s1)[C@H]1CC=CCC1. The molecule has 1 amide bonds. The summed E-state index contributed by atoms with van der Waals surface area (Å²) in [4.78, 5) is 15.3. The van der Waals surface area contributed by atoms with Crippen molar-refractivity contribution in [3.63, 3.8) is 0 Å². The minimum atomic E-state index is -0.637. The van der Waals surface area contributed by atoms with E-state index in [1.165, 1.54) is 4.88 Å². The van der Waals surface area contributed by atoms with E-state index in [1.54, 1.807) is 22.7 Å². The van der Waals surface area contributed by atoms with Crippen molar-refractivity contribution in [1.29, 1.82) is 0 Å². The number of carbonyl (C=O) groups excluding carboxylic acids is 1. The predicted molar refractivity (Wildman–Crippen MR) is 92.1 cm³/mol. The zero-order valence-electron chi connectivity index (χ0n) is 12.2. The summed E-state index contributed by atoms with van der Waals surface area (Å²) in [6, 6.07) is 8.07. The Morgan fingerprint density at radius 2 is 2.23 bits per heavy atom. The molecule has 0 bridgehead atoms. The zero-order chi connectivity index (χ0) is 15.4. The first-order valence-electron chi connectivity index (χ1n) is 7.48. The molecule has 0 spiro atoms. The molecule has 0 aromatic carbocycles. The quantitative estimate of drug-likeness (QED) is 0.813. The maximum Gasteiger partial charge on any atom is 0.223 e. The monoisotopic (exact) mass is 333 g/mol. The highest BCUT2D eigenvalue weighted by Crippen LogP contribution is 2.33. The van der Waals surface area contributed by atoms with Gasteiger partial charge in [-0.15, -0.1) is 22.7 Å². The number of hydrogen-bond donors (Lipinski definition) is 2. The standard InChI is InChI=1S/C17H19NO2S2/c19-13(11-18-17(20)12-5-2-1-3-6-12)14-8-9-16(22-14)15-7-4-10-21-15/h1-2,4,7-10,12-13,19H,3,5-6,11H2,(H,18,20)/t12-,13+/m0/s1. The van der Waals surface area contributed by atoms with Gasteiger partial charge in [0.2, 0.25) is 5.91 Å². The van der Waals surface area contributed by atoms with E-state index in [0.717, 1.165) is 29.0 Å². The second kappa shape index (κ2) is 7.22. The van der Waals surface area contributed by atoms with Gasteiger partial charge >= 0.3 is 0 Å². The summed E-state index contributed by atoms with van der Waals surface area (Å²) >= 11 is 3.27. The number of allylic oxidation sites excluding steroid dienone is 2. The number of carbonyl (C=O) groups is 1. The lowest BCUT2D eigenvalue weighted by atomic mass is 9.93. The van der Waals surface area contributed by atoms with E-state index in [9.17, 15) is 9.90 Å². The first-order valence-corrected chi connectivity index (χ1v) is 9.18. The van der Waals surface area contributed by atoms with E-state index >= 15 is 0 Å². The van der Waals surface area contributed by atoms with Gasteiger partial charge < -0.3 is 10.4 Å². The molecule has 5 heteroatoms. The molecule has 116 valence electrons. The van der Waals surface area contributed by atoms with Crippen LogP contribution in [0.2, 0.25) is 0 Å². The molecule has 2 aromatic heterocycles. The fourth-order valence-electron chi connectivity index (χ4n) is 2.56. The van der Waals surface area contributed by atoms with Crippen LogP contribution in [-0.4, -0.2) is 17.6 Å². The van der Waals surface area contributed by atoms with Crippen molar-refractivity contribution in [2.75, 3.05) is 6.54 Å². The number of rotatable bonds is 5. The molecule has 1 aliphatic rings. The van der Waals surface area contributed by atoms with Crippen LogP contribution in [0.5, 0.6) is 0 Å². The van der Waals surface area contributed by atoms with Crippen molar-refractivity contribution in [3.8, 4) is 9.75 Å². The molecule has 1 aliphatic carbocycles. The van der Waals surface area contributed by atoms with Crippen molar-refractivity contribution in [2.24, 2.45) is 5.92 Å². The molecule has 3 nitrogen and oxygen atoms in total. The largest absolute Gasteiger partial charge is 0.386 e. The lowest BCUT2D eigenvalue weighted by Gasteiger charge is -2.18. The van der Waals surface area contributed by atoms with Crippen LogP contribution in [0, 0.1) is 5.92 Å². The van der Waals surface area contributed by atoms with E-state index in [-0.39, 0.29) is 18.4 Å². The molecule has 2 N–H and O–H groups in total. The minimum Gasteiger partial charge on any atom is -0.386 e. The highest BCUT2D eigenvalue weighted by molar-refractivity contribution is 7.21. The summed E-state index contributed by atoms with van der Waals surface area (Å²) in [5.74, 6) is 0.112. The Labute approximate surface area is 138 Å². The van der Waals surface area contributed by atoms with Crippen molar-refractivity contribution in [2.45, 2.75) is 25.4 Å². The number of amides is 1.